The van der Waals surface area contributed by atoms with E-state index in [9.17, 15) is 9.59 Å². The van der Waals surface area contributed by atoms with Crippen molar-refractivity contribution in [2.75, 3.05) is 25.6 Å². The monoisotopic (exact) mass is 303 g/mol. The van der Waals surface area contributed by atoms with Gasteiger partial charge in [0.25, 0.3) is 0 Å². The number of amides is 2. The molecule has 0 radical (unpaired) electrons. The van der Waals surface area contributed by atoms with Crippen molar-refractivity contribution in [2.24, 2.45) is 0 Å². The number of urea groups is 1. The summed E-state index contributed by atoms with van der Waals surface area (Å²) in [6.07, 6.45) is 0. The van der Waals surface area contributed by atoms with Gasteiger partial charge in [0.2, 0.25) is 0 Å². The normalized spacial score (nSPS) is 17.6. The first kappa shape index (κ1) is 15.9. The van der Waals surface area contributed by atoms with Gasteiger partial charge in [-0.15, -0.1) is 0 Å². The van der Waals surface area contributed by atoms with Crippen LogP contribution in [0.1, 0.15) is 25.5 Å². The fourth-order valence-electron chi connectivity index (χ4n) is 2.43. The first-order chi connectivity index (χ1) is 10.5. The fraction of sp³-hybridized carbons (Fsp3) is 0.375. The number of anilines is 1. The third-order valence-electron chi connectivity index (χ3n) is 3.82. The molecule has 0 spiro atoms. The van der Waals surface area contributed by atoms with Crippen molar-refractivity contribution in [2.45, 2.75) is 19.9 Å². The van der Waals surface area contributed by atoms with Crippen molar-refractivity contribution in [1.82, 2.24) is 10.6 Å². The number of hydrogen-bond acceptors (Lipinski definition) is 4. The summed E-state index contributed by atoms with van der Waals surface area (Å²) in [5.74, 6) is -0.454. The molecule has 22 heavy (non-hydrogen) atoms. The van der Waals surface area contributed by atoms with Gasteiger partial charge >= 0.3 is 12.0 Å². The van der Waals surface area contributed by atoms with Crippen LogP contribution in [0, 0.1) is 0 Å². The molecule has 2 amide bonds. The zero-order valence-corrected chi connectivity index (χ0v) is 13.3. The second-order valence-corrected chi connectivity index (χ2v) is 5.17. The molecule has 2 N–H and O–H groups in total. The number of rotatable bonds is 4. The lowest BCUT2D eigenvalue weighted by atomic mass is 9.95. The van der Waals surface area contributed by atoms with Gasteiger partial charge in [-0.05, 0) is 31.5 Å². The predicted octanol–water partition coefficient (Wildman–Crippen LogP) is 1.94. The van der Waals surface area contributed by atoms with Crippen LogP contribution in [0.15, 0.2) is 35.5 Å². The van der Waals surface area contributed by atoms with E-state index in [1.165, 1.54) is 7.11 Å². The number of methoxy groups -OCH3 is 1. The van der Waals surface area contributed by atoms with Crippen LogP contribution < -0.4 is 15.5 Å². The van der Waals surface area contributed by atoms with E-state index in [-0.39, 0.29) is 6.03 Å². The van der Waals surface area contributed by atoms with Gasteiger partial charge in [0.05, 0.1) is 18.7 Å². The molecule has 6 nitrogen and oxygen atoms in total. The summed E-state index contributed by atoms with van der Waals surface area (Å²) < 4.78 is 4.83. The number of allylic oxidation sites excluding steroid dienone is 1. The van der Waals surface area contributed by atoms with E-state index in [1.54, 1.807) is 6.92 Å². The summed E-state index contributed by atoms with van der Waals surface area (Å²) in [4.78, 5) is 25.8. The van der Waals surface area contributed by atoms with Crippen LogP contribution in [0.2, 0.25) is 0 Å². The summed E-state index contributed by atoms with van der Waals surface area (Å²) in [5, 5.41) is 5.37. The highest BCUT2D eigenvalue weighted by Gasteiger charge is 2.31. The molecule has 0 saturated heterocycles. The van der Waals surface area contributed by atoms with Gasteiger partial charge in [0, 0.05) is 25.0 Å². The second kappa shape index (κ2) is 6.51. The minimum Gasteiger partial charge on any atom is -0.466 e. The average Bonchev–Trinajstić information content (AvgIpc) is 2.53. The number of carbonyl (C=O) groups excluding carboxylic acids is 2. The molecular weight excluding hydrogens is 282 g/mol. The first-order valence-electron chi connectivity index (χ1n) is 7.15. The highest BCUT2D eigenvalue weighted by Crippen LogP contribution is 2.28. The maximum Gasteiger partial charge on any atom is 0.337 e. The smallest absolute Gasteiger partial charge is 0.337 e. The summed E-state index contributed by atoms with van der Waals surface area (Å²) >= 11 is 0. The zero-order chi connectivity index (χ0) is 16.3. The van der Waals surface area contributed by atoms with Gasteiger partial charge in [0.15, 0.2) is 0 Å². The van der Waals surface area contributed by atoms with Crippen molar-refractivity contribution in [3.05, 3.63) is 41.1 Å². The van der Waals surface area contributed by atoms with E-state index in [0.29, 0.717) is 11.3 Å². The van der Waals surface area contributed by atoms with E-state index >= 15 is 0 Å². The minimum absolute atomic E-state index is 0.329. The molecule has 2 rings (SSSR count). The molecular formula is C16H21N3O3. The quantitative estimate of drug-likeness (QED) is 0.834. The molecule has 1 aromatic carbocycles. The molecule has 1 aromatic rings. The van der Waals surface area contributed by atoms with Crippen LogP contribution >= 0.6 is 0 Å². The second-order valence-electron chi connectivity index (χ2n) is 5.17. The third-order valence-corrected chi connectivity index (χ3v) is 3.82. The molecule has 1 aliphatic rings. The number of benzene rings is 1. The lowest BCUT2D eigenvalue weighted by Crippen LogP contribution is -2.45. The topological polar surface area (TPSA) is 70.7 Å². The van der Waals surface area contributed by atoms with Crippen molar-refractivity contribution in [3.63, 3.8) is 0 Å². The van der Waals surface area contributed by atoms with Gasteiger partial charge in [-0.1, -0.05) is 12.1 Å². The van der Waals surface area contributed by atoms with Gasteiger partial charge in [-0.3, -0.25) is 0 Å². The average molecular weight is 303 g/mol. The molecule has 0 bridgehead atoms. The predicted molar refractivity (Wildman–Crippen MR) is 84.5 cm³/mol. The Labute approximate surface area is 130 Å². The number of esters is 1. The van der Waals surface area contributed by atoms with Crippen molar-refractivity contribution in [1.29, 1.82) is 0 Å². The first-order valence-corrected chi connectivity index (χ1v) is 7.15. The number of hydrogen-bond donors (Lipinski definition) is 2. The standard InChI is InChI=1S/C16H21N3O3/c1-5-19(3)12-8-6-11(7-9-12)14-13(15(20)22-4)10(2)17-16(21)18-14/h6-9,14H,5H2,1-4H3,(H2,17,18,21). The van der Waals surface area contributed by atoms with Crippen LogP contribution in [0.5, 0.6) is 0 Å². The maximum atomic E-state index is 12.0. The lowest BCUT2D eigenvalue weighted by Gasteiger charge is -2.28. The minimum atomic E-state index is -0.512. The Balaban J connectivity index is 2.38. The molecule has 0 aromatic heterocycles. The molecule has 118 valence electrons. The number of carbonyl (C=O) groups is 2. The van der Waals surface area contributed by atoms with E-state index in [1.807, 2.05) is 31.3 Å². The zero-order valence-electron chi connectivity index (χ0n) is 13.3. The van der Waals surface area contributed by atoms with E-state index < -0.39 is 12.0 Å². The van der Waals surface area contributed by atoms with Gasteiger partial charge in [-0.2, -0.15) is 0 Å². The van der Waals surface area contributed by atoms with Crippen molar-refractivity contribution in [3.8, 4) is 0 Å². The summed E-state index contributed by atoms with van der Waals surface area (Å²) in [7, 11) is 3.33. The van der Waals surface area contributed by atoms with Gasteiger partial charge < -0.3 is 20.3 Å². The Morgan fingerprint density at radius 3 is 2.50 bits per heavy atom. The molecule has 1 atom stereocenters. The molecule has 6 heteroatoms. The highest BCUT2D eigenvalue weighted by molar-refractivity contribution is 5.94. The highest BCUT2D eigenvalue weighted by atomic mass is 16.5. The molecule has 1 heterocycles. The van der Waals surface area contributed by atoms with Crippen LogP contribution in [0.25, 0.3) is 0 Å². The fourth-order valence-corrected chi connectivity index (χ4v) is 2.43. The maximum absolute atomic E-state index is 12.0. The van der Waals surface area contributed by atoms with Crippen molar-refractivity contribution >= 4 is 17.7 Å². The number of nitrogens with zero attached hydrogens (tertiary/aromatic N) is 1. The largest absolute Gasteiger partial charge is 0.466 e. The lowest BCUT2D eigenvalue weighted by molar-refractivity contribution is -0.136. The molecule has 0 saturated carbocycles. The van der Waals surface area contributed by atoms with Gasteiger partial charge in [0.1, 0.15) is 0 Å². The molecule has 1 aliphatic heterocycles. The molecule has 0 fully saturated rings. The van der Waals surface area contributed by atoms with E-state index in [4.69, 9.17) is 4.74 Å². The van der Waals surface area contributed by atoms with E-state index in [0.717, 1.165) is 17.8 Å². The molecule has 1 unspecified atom stereocenters. The Bertz CT molecular complexity index is 608. The van der Waals surface area contributed by atoms with Crippen molar-refractivity contribution < 1.29 is 14.3 Å². The molecule has 0 aliphatic carbocycles. The Hall–Kier alpha value is -2.50. The number of ether oxygens (including phenoxy) is 1. The van der Waals surface area contributed by atoms with Crippen LogP contribution in [-0.4, -0.2) is 32.7 Å². The Kier molecular flexibility index (Phi) is 4.70. The number of nitrogens with one attached hydrogen (secondary N) is 2. The van der Waals surface area contributed by atoms with Gasteiger partial charge in [-0.25, -0.2) is 9.59 Å². The Morgan fingerprint density at radius 1 is 1.32 bits per heavy atom. The summed E-state index contributed by atoms with van der Waals surface area (Å²) in [6, 6.07) is 6.92. The van der Waals surface area contributed by atoms with Crippen LogP contribution in [0.4, 0.5) is 10.5 Å². The SMILES string of the molecule is CCN(C)c1ccc(C2NC(=O)NC(C)=C2C(=O)OC)cc1. The Morgan fingerprint density at radius 2 is 1.95 bits per heavy atom. The van der Waals surface area contributed by atoms with Crippen LogP contribution in [-0.2, 0) is 9.53 Å². The summed E-state index contributed by atoms with van der Waals surface area (Å²) in [5.41, 5.74) is 2.84. The van der Waals surface area contributed by atoms with Crippen LogP contribution in [0.3, 0.4) is 0 Å². The third kappa shape index (κ3) is 3.05. The summed E-state index contributed by atoms with van der Waals surface area (Å²) in [6.45, 7) is 4.66. The van der Waals surface area contributed by atoms with E-state index in [2.05, 4.69) is 22.5 Å².